The Balaban J connectivity index is 1.83. The van der Waals surface area contributed by atoms with E-state index in [0.717, 1.165) is 5.75 Å². The fraction of sp³-hybridized carbons (Fsp3) is 0.250. The molecule has 0 aliphatic rings. The van der Waals surface area contributed by atoms with Crippen LogP contribution in [0.2, 0.25) is 0 Å². The summed E-state index contributed by atoms with van der Waals surface area (Å²) < 4.78 is 2.27. The van der Waals surface area contributed by atoms with E-state index >= 15 is 0 Å². The number of thioether (sulfide) groups is 1. The van der Waals surface area contributed by atoms with Gasteiger partial charge in [0.05, 0.1) is 5.03 Å². The molecule has 3 nitrogen and oxygen atoms in total. The Hall–Kier alpha value is -2.20. The van der Waals surface area contributed by atoms with Gasteiger partial charge in [-0.2, -0.15) is 0 Å². The van der Waals surface area contributed by atoms with E-state index in [9.17, 15) is 4.79 Å². The molecule has 3 rings (SSSR count). The number of nitrogens with zero attached hydrogens (tertiary/aromatic N) is 2. The third-order valence-corrected chi connectivity index (χ3v) is 5.16. The highest BCUT2D eigenvalue weighted by Gasteiger charge is 2.11. The van der Waals surface area contributed by atoms with Crippen LogP contribution in [0.4, 0.5) is 0 Å². The fourth-order valence-corrected chi connectivity index (χ4v) is 3.76. The predicted octanol–water partition coefficient (Wildman–Crippen LogP) is 4.41. The van der Waals surface area contributed by atoms with Crippen LogP contribution in [0.15, 0.2) is 65.7 Å². The summed E-state index contributed by atoms with van der Waals surface area (Å²) in [5, 5.41) is 2.44. The lowest BCUT2D eigenvalue weighted by atomic mass is 10.2. The molecule has 0 atom stereocenters. The lowest BCUT2D eigenvalue weighted by molar-refractivity contribution is -0.128. The molecular formula is C20H22N2OS. The zero-order valence-corrected chi connectivity index (χ0v) is 14.9. The van der Waals surface area contributed by atoms with Gasteiger partial charge in [-0.15, -0.1) is 11.8 Å². The van der Waals surface area contributed by atoms with E-state index in [1.54, 1.807) is 19.0 Å². The summed E-state index contributed by atoms with van der Waals surface area (Å²) in [6, 6.07) is 21.1. The maximum Gasteiger partial charge on any atom is 0.223 e. The highest BCUT2D eigenvalue weighted by atomic mass is 32.2. The molecule has 3 aromatic rings. The van der Waals surface area contributed by atoms with Crippen LogP contribution in [0.5, 0.6) is 0 Å². The molecule has 1 amide bonds. The van der Waals surface area contributed by atoms with Gasteiger partial charge in [0.25, 0.3) is 0 Å². The molecule has 0 saturated carbocycles. The zero-order valence-electron chi connectivity index (χ0n) is 14.1. The van der Waals surface area contributed by atoms with E-state index in [1.807, 2.05) is 17.8 Å². The van der Waals surface area contributed by atoms with Crippen molar-refractivity contribution >= 4 is 28.6 Å². The third-order valence-electron chi connectivity index (χ3n) is 4.05. The molecule has 0 bridgehead atoms. The standard InChI is InChI=1S/C20H22N2OS/c1-21(2)19(23)12-13-22-18-11-7-6-10-17(18)14-20(22)24-15-16-8-4-3-5-9-16/h3-11,14H,12-13,15H2,1-2H3. The number of aryl methyl sites for hydroxylation is 1. The average Bonchev–Trinajstić information content (AvgIpc) is 2.96. The average molecular weight is 338 g/mol. The lowest BCUT2D eigenvalue weighted by Crippen LogP contribution is -2.22. The lowest BCUT2D eigenvalue weighted by Gasteiger charge is -2.13. The first kappa shape index (κ1) is 16.7. The van der Waals surface area contributed by atoms with Gasteiger partial charge in [-0.05, 0) is 17.7 Å². The van der Waals surface area contributed by atoms with Crippen LogP contribution in [0, 0.1) is 0 Å². The molecule has 1 aromatic heterocycles. The molecule has 2 aromatic carbocycles. The molecule has 0 aliphatic carbocycles. The van der Waals surface area contributed by atoms with Crippen LogP contribution in [0.1, 0.15) is 12.0 Å². The van der Waals surface area contributed by atoms with Crippen molar-refractivity contribution in [2.45, 2.75) is 23.7 Å². The minimum Gasteiger partial charge on any atom is -0.349 e. The summed E-state index contributed by atoms with van der Waals surface area (Å²) in [5.74, 6) is 1.09. The molecule has 24 heavy (non-hydrogen) atoms. The fourth-order valence-electron chi connectivity index (χ4n) is 2.70. The molecule has 0 spiro atoms. The van der Waals surface area contributed by atoms with Crippen molar-refractivity contribution in [1.82, 2.24) is 9.47 Å². The minimum absolute atomic E-state index is 0.159. The SMILES string of the molecule is CN(C)C(=O)CCn1c(SCc2ccccc2)cc2ccccc21. The normalized spacial score (nSPS) is 10.9. The molecule has 4 heteroatoms. The van der Waals surface area contributed by atoms with Gasteiger partial charge in [-0.1, -0.05) is 48.5 Å². The van der Waals surface area contributed by atoms with Crippen LogP contribution in [-0.2, 0) is 17.1 Å². The molecule has 0 N–H and O–H groups in total. The Morgan fingerprint density at radius 2 is 1.75 bits per heavy atom. The van der Waals surface area contributed by atoms with Gasteiger partial charge in [0.1, 0.15) is 0 Å². The first-order valence-electron chi connectivity index (χ1n) is 8.10. The number of hydrogen-bond acceptors (Lipinski definition) is 2. The van der Waals surface area contributed by atoms with E-state index in [2.05, 4.69) is 59.2 Å². The Kier molecular flexibility index (Phi) is 5.26. The Labute approximate surface area is 147 Å². The van der Waals surface area contributed by atoms with Gasteiger partial charge in [0.15, 0.2) is 0 Å². The van der Waals surface area contributed by atoms with Crippen molar-refractivity contribution in [2.75, 3.05) is 14.1 Å². The summed E-state index contributed by atoms with van der Waals surface area (Å²) in [4.78, 5) is 13.6. The Morgan fingerprint density at radius 1 is 1.04 bits per heavy atom. The van der Waals surface area contributed by atoms with E-state index in [1.165, 1.54) is 21.5 Å². The van der Waals surface area contributed by atoms with Crippen LogP contribution in [0.3, 0.4) is 0 Å². The number of fused-ring (bicyclic) bond motifs is 1. The first-order chi connectivity index (χ1) is 11.6. The molecule has 0 radical (unpaired) electrons. The number of benzene rings is 2. The van der Waals surface area contributed by atoms with Crippen LogP contribution in [-0.4, -0.2) is 29.5 Å². The number of para-hydroxylation sites is 1. The van der Waals surface area contributed by atoms with E-state index in [4.69, 9.17) is 0 Å². The molecule has 0 fully saturated rings. The molecule has 0 unspecified atom stereocenters. The molecule has 0 aliphatic heterocycles. The van der Waals surface area contributed by atoms with Gasteiger partial charge < -0.3 is 9.47 Å². The van der Waals surface area contributed by atoms with Crippen LogP contribution >= 0.6 is 11.8 Å². The van der Waals surface area contributed by atoms with Crippen LogP contribution < -0.4 is 0 Å². The highest BCUT2D eigenvalue weighted by molar-refractivity contribution is 7.98. The highest BCUT2D eigenvalue weighted by Crippen LogP contribution is 2.30. The topological polar surface area (TPSA) is 25.2 Å². The van der Waals surface area contributed by atoms with Crippen molar-refractivity contribution in [3.63, 3.8) is 0 Å². The first-order valence-corrected chi connectivity index (χ1v) is 9.09. The monoisotopic (exact) mass is 338 g/mol. The van der Waals surface area contributed by atoms with Crippen molar-refractivity contribution in [1.29, 1.82) is 0 Å². The van der Waals surface area contributed by atoms with E-state index in [-0.39, 0.29) is 5.91 Å². The van der Waals surface area contributed by atoms with Crippen molar-refractivity contribution in [2.24, 2.45) is 0 Å². The number of carbonyl (C=O) groups is 1. The molecule has 124 valence electrons. The van der Waals surface area contributed by atoms with Gasteiger partial charge in [0, 0.05) is 43.7 Å². The number of hydrogen-bond donors (Lipinski definition) is 0. The third kappa shape index (κ3) is 3.82. The smallest absolute Gasteiger partial charge is 0.223 e. The van der Waals surface area contributed by atoms with Gasteiger partial charge >= 0.3 is 0 Å². The summed E-state index contributed by atoms with van der Waals surface area (Å²) >= 11 is 1.82. The maximum absolute atomic E-state index is 12.0. The quantitative estimate of drug-likeness (QED) is 0.622. The summed E-state index contributed by atoms with van der Waals surface area (Å²) in [5.41, 5.74) is 2.50. The molecule has 1 heterocycles. The second-order valence-corrected chi connectivity index (χ2v) is 7.00. The predicted molar refractivity (Wildman–Crippen MR) is 101 cm³/mol. The van der Waals surface area contributed by atoms with Gasteiger partial charge in [0.2, 0.25) is 5.91 Å². The second kappa shape index (κ2) is 7.58. The largest absolute Gasteiger partial charge is 0.349 e. The van der Waals surface area contributed by atoms with Crippen molar-refractivity contribution in [3.8, 4) is 0 Å². The number of carbonyl (C=O) groups excluding carboxylic acids is 1. The summed E-state index contributed by atoms with van der Waals surface area (Å²) in [7, 11) is 3.61. The molecule has 0 saturated heterocycles. The van der Waals surface area contributed by atoms with Crippen molar-refractivity contribution < 1.29 is 4.79 Å². The number of rotatable bonds is 6. The van der Waals surface area contributed by atoms with Crippen molar-refractivity contribution in [3.05, 3.63) is 66.2 Å². The number of amides is 1. The Bertz CT molecular complexity index is 824. The zero-order chi connectivity index (χ0) is 16.9. The molecular weight excluding hydrogens is 316 g/mol. The Morgan fingerprint density at radius 3 is 2.50 bits per heavy atom. The summed E-state index contributed by atoms with van der Waals surface area (Å²) in [6.07, 6.45) is 0.518. The second-order valence-electron chi connectivity index (χ2n) is 6.01. The van der Waals surface area contributed by atoms with Gasteiger partial charge in [-0.25, -0.2) is 0 Å². The van der Waals surface area contributed by atoms with Gasteiger partial charge in [-0.3, -0.25) is 4.79 Å². The van der Waals surface area contributed by atoms with Crippen LogP contribution in [0.25, 0.3) is 10.9 Å². The summed E-state index contributed by atoms with van der Waals surface area (Å²) in [6.45, 7) is 0.710. The van der Waals surface area contributed by atoms with E-state index < -0.39 is 0 Å². The number of aromatic nitrogens is 1. The van der Waals surface area contributed by atoms with E-state index in [0.29, 0.717) is 13.0 Å². The maximum atomic E-state index is 12.0. The minimum atomic E-state index is 0.159.